The van der Waals surface area contributed by atoms with E-state index in [0.29, 0.717) is 40.9 Å². The van der Waals surface area contributed by atoms with Gasteiger partial charge in [-0.25, -0.2) is 0 Å². The molecule has 1 amide bonds. The molecule has 2 aromatic heterocycles. The summed E-state index contributed by atoms with van der Waals surface area (Å²) >= 11 is 0. The smallest absolute Gasteiger partial charge is 0.270 e. The summed E-state index contributed by atoms with van der Waals surface area (Å²) in [7, 11) is 4.66. The van der Waals surface area contributed by atoms with Crippen LogP contribution in [0.25, 0.3) is 0 Å². The first-order valence-electron chi connectivity index (χ1n) is 8.84. The molecule has 8 nitrogen and oxygen atoms in total. The maximum Gasteiger partial charge on any atom is 0.270 e. The minimum absolute atomic E-state index is 0.268. The van der Waals surface area contributed by atoms with Crippen LogP contribution in [0.1, 0.15) is 16.1 Å². The number of anilines is 2. The molecule has 0 bridgehead atoms. The van der Waals surface area contributed by atoms with Crippen molar-refractivity contribution in [2.45, 2.75) is 6.54 Å². The van der Waals surface area contributed by atoms with Gasteiger partial charge in [-0.3, -0.25) is 14.8 Å². The topological polar surface area (TPSA) is 94.6 Å². The Labute approximate surface area is 168 Å². The number of methoxy groups -OCH3 is 3. The highest BCUT2D eigenvalue weighted by molar-refractivity contribution is 5.93. The van der Waals surface area contributed by atoms with Gasteiger partial charge in [0.15, 0.2) is 11.5 Å². The molecular formula is C21H22N4O4. The van der Waals surface area contributed by atoms with E-state index in [0.717, 1.165) is 5.56 Å². The minimum atomic E-state index is -0.268. The van der Waals surface area contributed by atoms with Gasteiger partial charge in [-0.2, -0.15) is 0 Å². The maximum absolute atomic E-state index is 12.4. The Morgan fingerprint density at radius 3 is 2.21 bits per heavy atom. The van der Waals surface area contributed by atoms with Crippen LogP contribution in [-0.4, -0.2) is 37.2 Å². The van der Waals surface area contributed by atoms with Gasteiger partial charge in [-0.15, -0.1) is 0 Å². The first-order valence-corrected chi connectivity index (χ1v) is 8.84. The average Bonchev–Trinajstić information content (AvgIpc) is 2.77. The molecule has 0 fully saturated rings. The van der Waals surface area contributed by atoms with Gasteiger partial charge >= 0.3 is 0 Å². The monoisotopic (exact) mass is 394 g/mol. The van der Waals surface area contributed by atoms with Crippen molar-refractivity contribution in [2.75, 3.05) is 26.6 Å². The third-order valence-corrected chi connectivity index (χ3v) is 4.15. The second-order valence-electron chi connectivity index (χ2n) is 6.01. The standard InChI is InChI=1S/C21H22N4O4/c1-27-18-11-16(12-19(28-2)20(18)29-3)25-15-6-9-23-17(10-15)21(26)24-13-14-4-7-22-8-5-14/h4-12H,13H2,1-3H3,(H,23,25)(H,24,26). The van der Waals surface area contributed by atoms with Crippen LogP contribution in [0.5, 0.6) is 17.2 Å². The quantitative estimate of drug-likeness (QED) is 0.606. The predicted molar refractivity (Wildman–Crippen MR) is 109 cm³/mol. The van der Waals surface area contributed by atoms with E-state index in [1.165, 1.54) is 0 Å². The zero-order valence-corrected chi connectivity index (χ0v) is 16.4. The Kier molecular flexibility index (Phi) is 6.47. The lowest BCUT2D eigenvalue weighted by molar-refractivity contribution is 0.0946. The van der Waals surface area contributed by atoms with Crippen molar-refractivity contribution in [3.8, 4) is 17.2 Å². The first-order chi connectivity index (χ1) is 14.1. The van der Waals surface area contributed by atoms with Crippen LogP contribution in [0.4, 0.5) is 11.4 Å². The number of rotatable bonds is 8. The van der Waals surface area contributed by atoms with Gasteiger partial charge < -0.3 is 24.8 Å². The Bertz CT molecular complexity index is 954. The molecule has 0 aliphatic heterocycles. The van der Waals surface area contributed by atoms with Crippen molar-refractivity contribution in [3.05, 3.63) is 66.2 Å². The van der Waals surface area contributed by atoms with Gasteiger partial charge in [0.25, 0.3) is 5.91 Å². The summed E-state index contributed by atoms with van der Waals surface area (Å²) in [5, 5.41) is 6.07. The first kappa shape index (κ1) is 19.9. The van der Waals surface area contributed by atoms with E-state index in [4.69, 9.17) is 14.2 Å². The number of amides is 1. The zero-order chi connectivity index (χ0) is 20.6. The predicted octanol–water partition coefficient (Wildman–Crippen LogP) is 3.18. The van der Waals surface area contributed by atoms with Gasteiger partial charge in [0.05, 0.1) is 21.3 Å². The molecule has 3 aromatic rings. The van der Waals surface area contributed by atoms with Crippen LogP contribution < -0.4 is 24.8 Å². The summed E-state index contributed by atoms with van der Waals surface area (Å²) in [5.74, 6) is 1.29. The van der Waals surface area contributed by atoms with Crippen molar-refractivity contribution in [1.82, 2.24) is 15.3 Å². The van der Waals surface area contributed by atoms with E-state index in [2.05, 4.69) is 20.6 Å². The lowest BCUT2D eigenvalue weighted by Crippen LogP contribution is -2.23. The van der Waals surface area contributed by atoms with E-state index in [9.17, 15) is 4.79 Å². The van der Waals surface area contributed by atoms with E-state index in [1.54, 1.807) is 64.2 Å². The molecule has 8 heteroatoms. The van der Waals surface area contributed by atoms with Gasteiger partial charge in [0.1, 0.15) is 5.69 Å². The van der Waals surface area contributed by atoms with Crippen LogP contribution in [-0.2, 0) is 6.54 Å². The fourth-order valence-electron chi connectivity index (χ4n) is 2.73. The molecule has 29 heavy (non-hydrogen) atoms. The molecule has 150 valence electrons. The summed E-state index contributed by atoms with van der Waals surface area (Å²) < 4.78 is 16.1. The second-order valence-corrected chi connectivity index (χ2v) is 6.01. The normalized spacial score (nSPS) is 10.2. The van der Waals surface area contributed by atoms with Crippen LogP contribution in [0.2, 0.25) is 0 Å². The zero-order valence-electron chi connectivity index (χ0n) is 16.4. The number of nitrogens with one attached hydrogen (secondary N) is 2. The average molecular weight is 394 g/mol. The minimum Gasteiger partial charge on any atom is -0.493 e. The van der Waals surface area contributed by atoms with Gasteiger partial charge in [0, 0.05) is 48.6 Å². The van der Waals surface area contributed by atoms with Gasteiger partial charge in [-0.05, 0) is 29.8 Å². The number of carbonyl (C=O) groups excluding carboxylic acids is 1. The third-order valence-electron chi connectivity index (χ3n) is 4.15. The van der Waals surface area contributed by atoms with Crippen LogP contribution in [0.15, 0.2) is 55.0 Å². The molecule has 1 aromatic carbocycles. The molecule has 3 rings (SSSR count). The molecule has 0 spiro atoms. The molecule has 0 saturated carbocycles. The molecule has 0 radical (unpaired) electrons. The molecular weight excluding hydrogens is 372 g/mol. The molecule has 2 heterocycles. The molecule has 0 saturated heterocycles. The lowest BCUT2D eigenvalue weighted by Gasteiger charge is -2.15. The van der Waals surface area contributed by atoms with Crippen LogP contribution in [0.3, 0.4) is 0 Å². The Balaban J connectivity index is 1.75. The summed E-state index contributed by atoms with van der Waals surface area (Å²) in [6, 6.07) is 10.7. The van der Waals surface area contributed by atoms with Crippen LogP contribution in [0, 0.1) is 0 Å². The molecule has 0 aliphatic carbocycles. The Hall–Kier alpha value is -3.81. The van der Waals surface area contributed by atoms with Crippen LogP contribution >= 0.6 is 0 Å². The molecule has 2 N–H and O–H groups in total. The summed E-state index contributed by atoms with van der Waals surface area (Å²) in [5.41, 5.74) is 2.67. The van der Waals surface area contributed by atoms with Crippen molar-refractivity contribution < 1.29 is 19.0 Å². The lowest BCUT2D eigenvalue weighted by atomic mass is 10.2. The Morgan fingerprint density at radius 2 is 1.59 bits per heavy atom. The van der Waals surface area contributed by atoms with Gasteiger partial charge in [-0.1, -0.05) is 0 Å². The Morgan fingerprint density at radius 1 is 0.897 bits per heavy atom. The molecule has 0 aliphatic rings. The molecule has 0 unspecified atom stereocenters. The fourth-order valence-corrected chi connectivity index (χ4v) is 2.73. The summed E-state index contributed by atoms with van der Waals surface area (Å²) in [4.78, 5) is 20.5. The number of nitrogens with zero attached hydrogens (tertiary/aromatic N) is 2. The SMILES string of the molecule is COc1cc(Nc2ccnc(C(=O)NCc3ccncc3)c2)cc(OC)c1OC. The largest absolute Gasteiger partial charge is 0.493 e. The number of hydrogen-bond acceptors (Lipinski definition) is 7. The number of hydrogen-bond donors (Lipinski definition) is 2. The number of benzene rings is 1. The number of pyridine rings is 2. The van der Waals surface area contributed by atoms with Crippen molar-refractivity contribution >= 4 is 17.3 Å². The number of carbonyl (C=O) groups is 1. The third kappa shape index (κ3) is 4.92. The fraction of sp³-hybridized carbons (Fsp3) is 0.190. The van der Waals surface area contributed by atoms with E-state index in [1.807, 2.05) is 12.1 Å². The van der Waals surface area contributed by atoms with E-state index >= 15 is 0 Å². The van der Waals surface area contributed by atoms with E-state index in [-0.39, 0.29) is 5.91 Å². The molecule has 0 atom stereocenters. The van der Waals surface area contributed by atoms with Crippen molar-refractivity contribution in [2.24, 2.45) is 0 Å². The second kappa shape index (κ2) is 9.41. The van der Waals surface area contributed by atoms with Gasteiger partial charge in [0.2, 0.25) is 5.75 Å². The maximum atomic E-state index is 12.4. The van der Waals surface area contributed by atoms with Crippen molar-refractivity contribution in [3.63, 3.8) is 0 Å². The van der Waals surface area contributed by atoms with Crippen molar-refractivity contribution in [1.29, 1.82) is 0 Å². The number of ether oxygens (including phenoxy) is 3. The highest BCUT2D eigenvalue weighted by atomic mass is 16.5. The summed E-state index contributed by atoms with van der Waals surface area (Å²) in [6.07, 6.45) is 4.94. The highest BCUT2D eigenvalue weighted by Gasteiger charge is 2.14. The summed E-state index contributed by atoms with van der Waals surface area (Å²) in [6.45, 7) is 0.396. The number of aromatic nitrogens is 2. The highest BCUT2D eigenvalue weighted by Crippen LogP contribution is 2.40. The van der Waals surface area contributed by atoms with E-state index < -0.39 is 0 Å².